The van der Waals surface area contributed by atoms with Crippen molar-refractivity contribution in [2.24, 2.45) is 5.41 Å². The number of carbonyl (C=O) groups excluding carboxylic acids is 1. The molecular weight excluding hydrogens is 408 g/mol. The standard InChI is InChI=1S/C20H26N4O5S/c1-26-17-15-16(13(10-21-17)14-11-28-8-9-29-14)30-18(22-15)23-19(25)24-5-2-20(12-24)3-6-27-7-4-20/h10,14H,2-9,11-12H2,1H3,(H,22,23,25)/t14-/m1/s1. The molecule has 0 aromatic carbocycles. The fourth-order valence-electron chi connectivity index (χ4n) is 4.50. The monoisotopic (exact) mass is 434 g/mol. The van der Waals surface area contributed by atoms with E-state index in [1.165, 1.54) is 11.3 Å². The summed E-state index contributed by atoms with van der Waals surface area (Å²) >= 11 is 1.42. The van der Waals surface area contributed by atoms with Crippen LogP contribution < -0.4 is 10.1 Å². The summed E-state index contributed by atoms with van der Waals surface area (Å²) in [6, 6.07) is -0.108. The number of nitrogens with one attached hydrogen (secondary N) is 1. The summed E-state index contributed by atoms with van der Waals surface area (Å²) in [6.45, 7) is 4.73. The van der Waals surface area contributed by atoms with Crippen LogP contribution in [0.25, 0.3) is 10.2 Å². The van der Waals surface area contributed by atoms with Crippen molar-refractivity contribution in [1.82, 2.24) is 14.9 Å². The van der Waals surface area contributed by atoms with Crippen molar-refractivity contribution in [3.63, 3.8) is 0 Å². The Morgan fingerprint density at radius 1 is 1.27 bits per heavy atom. The van der Waals surface area contributed by atoms with Crippen LogP contribution >= 0.6 is 11.3 Å². The Morgan fingerprint density at radius 3 is 2.90 bits per heavy atom. The minimum Gasteiger partial charge on any atom is -0.479 e. The number of hydrogen-bond donors (Lipinski definition) is 1. The average molecular weight is 435 g/mol. The summed E-state index contributed by atoms with van der Waals surface area (Å²) in [5, 5.41) is 3.52. The topological polar surface area (TPSA) is 95.0 Å². The highest BCUT2D eigenvalue weighted by Gasteiger charge is 2.41. The molecule has 1 spiro atoms. The van der Waals surface area contributed by atoms with Crippen LogP contribution in [0, 0.1) is 5.41 Å². The van der Waals surface area contributed by atoms with Gasteiger partial charge in [0.05, 0.1) is 31.6 Å². The molecule has 30 heavy (non-hydrogen) atoms. The zero-order chi connectivity index (χ0) is 20.6. The van der Waals surface area contributed by atoms with Gasteiger partial charge < -0.3 is 23.8 Å². The molecule has 5 rings (SSSR count). The van der Waals surface area contributed by atoms with E-state index in [2.05, 4.69) is 15.3 Å². The van der Waals surface area contributed by atoms with Gasteiger partial charge in [0.15, 0.2) is 5.13 Å². The lowest BCUT2D eigenvalue weighted by molar-refractivity contribution is -0.0896. The number of fused-ring (bicyclic) bond motifs is 1. The van der Waals surface area contributed by atoms with Crippen LogP contribution in [0.3, 0.4) is 0 Å². The summed E-state index contributed by atoms with van der Waals surface area (Å²) < 4.78 is 23.2. The Morgan fingerprint density at radius 2 is 2.13 bits per heavy atom. The largest absolute Gasteiger partial charge is 0.479 e. The molecule has 162 valence electrons. The van der Waals surface area contributed by atoms with Crippen molar-refractivity contribution in [2.75, 3.05) is 58.6 Å². The van der Waals surface area contributed by atoms with Crippen LogP contribution in [0.15, 0.2) is 6.20 Å². The second-order valence-electron chi connectivity index (χ2n) is 8.07. The Labute approximate surface area is 178 Å². The van der Waals surface area contributed by atoms with Gasteiger partial charge in [-0.05, 0) is 24.7 Å². The minimum absolute atomic E-state index is 0.108. The van der Waals surface area contributed by atoms with Gasteiger partial charge in [-0.3, -0.25) is 5.32 Å². The van der Waals surface area contributed by atoms with E-state index in [0.29, 0.717) is 36.3 Å². The van der Waals surface area contributed by atoms with Crippen LogP contribution in [0.4, 0.5) is 9.93 Å². The zero-order valence-corrected chi connectivity index (χ0v) is 17.8. The van der Waals surface area contributed by atoms with Crippen LogP contribution in [0.5, 0.6) is 5.88 Å². The molecule has 5 heterocycles. The lowest BCUT2D eigenvalue weighted by Crippen LogP contribution is -2.37. The van der Waals surface area contributed by atoms with E-state index in [4.69, 9.17) is 18.9 Å². The highest BCUT2D eigenvalue weighted by Crippen LogP contribution is 2.41. The van der Waals surface area contributed by atoms with Crippen LogP contribution in [-0.2, 0) is 14.2 Å². The predicted octanol–water partition coefficient (Wildman–Crippen LogP) is 2.82. The molecule has 1 N–H and O–H groups in total. The van der Waals surface area contributed by atoms with Crippen molar-refractivity contribution >= 4 is 32.7 Å². The number of likely N-dealkylation sites (tertiary alicyclic amines) is 1. The van der Waals surface area contributed by atoms with Gasteiger partial charge in [-0.2, -0.15) is 0 Å². The number of anilines is 1. The van der Waals surface area contributed by atoms with E-state index in [1.807, 2.05) is 4.90 Å². The first-order valence-electron chi connectivity index (χ1n) is 10.3. The van der Waals surface area contributed by atoms with Gasteiger partial charge in [0.1, 0.15) is 11.6 Å². The van der Waals surface area contributed by atoms with Gasteiger partial charge in [0.25, 0.3) is 0 Å². The first kappa shape index (κ1) is 19.9. The predicted molar refractivity (Wildman–Crippen MR) is 111 cm³/mol. The molecule has 1 atom stereocenters. The SMILES string of the molecule is COc1ncc([C@H]2COCCO2)c2sc(NC(=O)N3CCC4(CCOCC4)C3)nc12. The molecule has 3 aliphatic heterocycles. The highest BCUT2D eigenvalue weighted by atomic mass is 32.1. The molecule has 0 aliphatic carbocycles. The molecule has 0 radical (unpaired) electrons. The Kier molecular flexibility index (Phi) is 5.48. The molecule has 2 amide bonds. The molecule has 9 nitrogen and oxygen atoms in total. The van der Waals surface area contributed by atoms with Crippen molar-refractivity contribution in [2.45, 2.75) is 25.4 Å². The van der Waals surface area contributed by atoms with Crippen molar-refractivity contribution in [3.8, 4) is 5.88 Å². The molecule has 3 fully saturated rings. The number of carbonyl (C=O) groups is 1. The quantitative estimate of drug-likeness (QED) is 0.794. The molecule has 2 aromatic rings. The molecule has 0 bridgehead atoms. The third-order valence-corrected chi connectivity index (χ3v) is 7.28. The molecule has 3 aliphatic rings. The number of urea groups is 1. The number of hydrogen-bond acceptors (Lipinski definition) is 8. The Bertz CT molecular complexity index is 923. The first-order valence-corrected chi connectivity index (χ1v) is 11.2. The molecule has 0 unspecified atom stereocenters. The number of aromatic nitrogens is 2. The fourth-order valence-corrected chi connectivity index (χ4v) is 5.50. The number of ether oxygens (including phenoxy) is 4. The number of methoxy groups -OCH3 is 1. The van der Waals surface area contributed by atoms with E-state index in [0.717, 1.165) is 55.8 Å². The van der Waals surface area contributed by atoms with Crippen LogP contribution in [0.1, 0.15) is 30.9 Å². The lowest BCUT2D eigenvalue weighted by Gasteiger charge is -2.33. The zero-order valence-electron chi connectivity index (χ0n) is 17.0. The van der Waals surface area contributed by atoms with Gasteiger partial charge in [0, 0.05) is 38.1 Å². The summed E-state index contributed by atoms with van der Waals surface area (Å²) in [4.78, 5) is 23.8. The molecular formula is C20H26N4O5S. The summed E-state index contributed by atoms with van der Waals surface area (Å²) in [6.07, 6.45) is 4.63. The third kappa shape index (κ3) is 3.73. The number of amides is 2. The number of thiazole rings is 1. The van der Waals surface area contributed by atoms with Gasteiger partial charge >= 0.3 is 6.03 Å². The maximum Gasteiger partial charge on any atom is 0.323 e. The third-order valence-electron chi connectivity index (χ3n) is 6.26. The van der Waals surface area contributed by atoms with E-state index >= 15 is 0 Å². The first-order chi connectivity index (χ1) is 14.7. The average Bonchev–Trinajstić information content (AvgIpc) is 3.38. The van der Waals surface area contributed by atoms with Gasteiger partial charge in [-0.25, -0.2) is 14.8 Å². The highest BCUT2D eigenvalue weighted by molar-refractivity contribution is 7.22. The van der Waals surface area contributed by atoms with Crippen molar-refractivity contribution in [3.05, 3.63) is 11.8 Å². The van der Waals surface area contributed by atoms with E-state index in [-0.39, 0.29) is 17.6 Å². The fraction of sp³-hybridized carbons (Fsp3) is 0.650. The molecule has 10 heteroatoms. The van der Waals surface area contributed by atoms with Crippen molar-refractivity contribution in [1.29, 1.82) is 0 Å². The van der Waals surface area contributed by atoms with Gasteiger partial charge in [-0.15, -0.1) is 0 Å². The van der Waals surface area contributed by atoms with Gasteiger partial charge in [-0.1, -0.05) is 11.3 Å². The summed E-state index contributed by atoms with van der Waals surface area (Å²) in [5.74, 6) is 0.435. The maximum absolute atomic E-state index is 12.9. The summed E-state index contributed by atoms with van der Waals surface area (Å²) in [5.41, 5.74) is 1.75. The maximum atomic E-state index is 12.9. The second kappa shape index (κ2) is 8.26. The normalized spacial score (nSPS) is 23.8. The Hall–Kier alpha value is -2.01. The van der Waals surface area contributed by atoms with Crippen LogP contribution in [-0.4, -0.2) is 74.1 Å². The number of nitrogens with zero attached hydrogens (tertiary/aromatic N) is 3. The van der Waals surface area contributed by atoms with Gasteiger partial charge in [0.2, 0.25) is 5.88 Å². The van der Waals surface area contributed by atoms with E-state index < -0.39 is 0 Å². The smallest absolute Gasteiger partial charge is 0.323 e. The lowest BCUT2D eigenvalue weighted by atomic mass is 9.80. The summed E-state index contributed by atoms with van der Waals surface area (Å²) in [7, 11) is 1.57. The van der Waals surface area contributed by atoms with Crippen LogP contribution in [0.2, 0.25) is 0 Å². The minimum atomic E-state index is -0.199. The molecule has 3 saturated heterocycles. The molecule has 0 saturated carbocycles. The van der Waals surface area contributed by atoms with E-state index in [1.54, 1.807) is 13.3 Å². The second-order valence-corrected chi connectivity index (χ2v) is 9.07. The number of rotatable bonds is 3. The Balaban J connectivity index is 1.36. The van der Waals surface area contributed by atoms with Crippen molar-refractivity contribution < 1.29 is 23.7 Å². The number of pyridine rings is 1. The van der Waals surface area contributed by atoms with E-state index in [9.17, 15) is 4.79 Å². The molecule has 2 aromatic heterocycles.